The van der Waals surface area contributed by atoms with Crippen LogP contribution in [0.15, 0.2) is 0 Å². The number of ether oxygens (including phenoxy) is 1. The second-order valence-electron chi connectivity index (χ2n) is 4.22. The van der Waals surface area contributed by atoms with E-state index in [1.807, 2.05) is 13.8 Å². The lowest BCUT2D eigenvalue weighted by atomic mass is 9.96. The summed E-state index contributed by atoms with van der Waals surface area (Å²) in [6.45, 7) is 4.77. The van der Waals surface area contributed by atoms with Gasteiger partial charge in [0, 0.05) is 19.3 Å². The van der Waals surface area contributed by atoms with Crippen LogP contribution in [0.4, 0.5) is 0 Å². The van der Waals surface area contributed by atoms with E-state index in [4.69, 9.17) is 10.5 Å². The molecule has 0 aromatic rings. The van der Waals surface area contributed by atoms with Gasteiger partial charge in [-0.05, 0) is 32.7 Å². The molecule has 6 heteroatoms. The Kier molecular flexibility index (Phi) is 7.14. The standard InChI is InChI=1S/C10H24N2O3S/c1-4-10(2,6-7-11)12-16(13,14)9-5-8-15-3/h12H,4-9,11H2,1-3H3. The van der Waals surface area contributed by atoms with Gasteiger partial charge in [0.2, 0.25) is 10.0 Å². The van der Waals surface area contributed by atoms with E-state index in [0.29, 0.717) is 26.0 Å². The minimum absolute atomic E-state index is 0.0982. The average Bonchev–Trinajstić information content (AvgIpc) is 2.17. The van der Waals surface area contributed by atoms with E-state index in [1.165, 1.54) is 0 Å². The molecule has 3 N–H and O–H groups in total. The van der Waals surface area contributed by atoms with Crippen LogP contribution in [0.1, 0.15) is 33.1 Å². The normalized spacial score (nSPS) is 16.0. The molecule has 1 unspecified atom stereocenters. The van der Waals surface area contributed by atoms with Crippen LogP contribution in [-0.4, -0.2) is 40.0 Å². The maximum atomic E-state index is 11.7. The van der Waals surface area contributed by atoms with Crippen LogP contribution in [0.3, 0.4) is 0 Å². The largest absolute Gasteiger partial charge is 0.385 e. The van der Waals surface area contributed by atoms with Gasteiger partial charge in [0.1, 0.15) is 0 Å². The van der Waals surface area contributed by atoms with Gasteiger partial charge >= 0.3 is 0 Å². The molecular formula is C10H24N2O3S. The predicted molar refractivity (Wildman–Crippen MR) is 65.8 cm³/mol. The molecule has 0 saturated carbocycles. The summed E-state index contributed by atoms with van der Waals surface area (Å²) < 4.78 is 31.0. The first-order chi connectivity index (χ1) is 7.39. The van der Waals surface area contributed by atoms with Crippen molar-refractivity contribution >= 4 is 10.0 Å². The maximum absolute atomic E-state index is 11.7. The topological polar surface area (TPSA) is 81.4 Å². The van der Waals surface area contributed by atoms with Crippen LogP contribution in [0.5, 0.6) is 0 Å². The van der Waals surface area contributed by atoms with Crippen molar-refractivity contribution in [3.05, 3.63) is 0 Å². The number of rotatable bonds is 9. The molecule has 0 rings (SSSR count). The predicted octanol–water partition coefficient (Wildman–Crippen LogP) is 0.460. The van der Waals surface area contributed by atoms with Gasteiger partial charge in [-0.2, -0.15) is 0 Å². The van der Waals surface area contributed by atoms with Crippen molar-refractivity contribution in [1.82, 2.24) is 4.72 Å². The Labute approximate surface area is 98.8 Å². The zero-order chi connectivity index (χ0) is 12.7. The highest BCUT2D eigenvalue weighted by atomic mass is 32.2. The fourth-order valence-corrected chi connectivity index (χ4v) is 3.04. The summed E-state index contributed by atoms with van der Waals surface area (Å²) >= 11 is 0. The van der Waals surface area contributed by atoms with Crippen molar-refractivity contribution in [2.45, 2.75) is 38.6 Å². The molecule has 0 aliphatic carbocycles. The molecule has 0 heterocycles. The van der Waals surface area contributed by atoms with Crippen LogP contribution in [0.25, 0.3) is 0 Å². The Hall–Kier alpha value is -0.170. The Balaban J connectivity index is 4.31. The first-order valence-electron chi connectivity index (χ1n) is 5.60. The molecule has 0 fully saturated rings. The Morgan fingerprint density at radius 2 is 2.06 bits per heavy atom. The fourth-order valence-electron chi connectivity index (χ4n) is 1.44. The van der Waals surface area contributed by atoms with E-state index in [1.54, 1.807) is 7.11 Å². The molecule has 0 bridgehead atoms. The molecule has 1 atom stereocenters. The summed E-state index contributed by atoms with van der Waals surface area (Å²) in [6, 6.07) is 0. The second-order valence-corrected chi connectivity index (χ2v) is 6.06. The first kappa shape index (κ1) is 15.8. The lowest BCUT2D eigenvalue weighted by Crippen LogP contribution is -2.47. The second kappa shape index (κ2) is 7.21. The number of sulfonamides is 1. The van der Waals surface area contributed by atoms with Crippen LogP contribution in [-0.2, 0) is 14.8 Å². The van der Waals surface area contributed by atoms with Crippen molar-refractivity contribution in [3.63, 3.8) is 0 Å². The van der Waals surface area contributed by atoms with Crippen LogP contribution in [0.2, 0.25) is 0 Å². The van der Waals surface area contributed by atoms with E-state index < -0.39 is 15.6 Å². The van der Waals surface area contributed by atoms with Crippen LogP contribution < -0.4 is 10.5 Å². The molecule has 0 aliphatic heterocycles. The number of nitrogens with one attached hydrogen (secondary N) is 1. The lowest BCUT2D eigenvalue weighted by molar-refractivity contribution is 0.199. The minimum atomic E-state index is -3.23. The van der Waals surface area contributed by atoms with Gasteiger partial charge in [0.25, 0.3) is 0 Å². The minimum Gasteiger partial charge on any atom is -0.385 e. The Morgan fingerprint density at radius 3 is 2.50 bits per heavy atom. The van der Waals surface area contributed by atoms with Gasteiger partial charge in [-0.25, -0.2) is 13.1 Å². The van der Waals surface area contributed by atoms with E-state index in [0.717, 1.165) is 6.42 Å². The number of hydrogen-bond acceptors (Lipinski definition) is 4. The lowest BCUT2D eigenvalue weighted by Gasteiger charge is -2.28. The molecule has 0 amide bonds. The molecule has 0 aromatic heterocycles. The van der Waals surface area contributed by atoms with E-state index in [-0.39, 0.29) is 5.75 Å². The number of methoxy groups -OCH3 is 1. The third kappa shape index (κ3) is 6.42. The number of hydrogen-bond donors (Lipinski definition) is 2. The SMILES string of the molecule is CCC(C)(CCN)NS(=O)(=O)CCCOC. The molecular weight excluding hydrogens is 228 g/mol. The maximum Gasteiger partial charge on any atom is 0.212 e. The number of nitrogens with two attached hydrogens (primary N) is 1. The van der Waals surface area contributed by atoms with E-state index >= 15 is 0 Å². The molecule has 0 aromatic carbocycles. The summed E-state index contributed by atoms with van der Waals surface area (Å²) in [7, 11) is -1.67. The molecule has 0 aliphatic rings. The van der Waals surface area contributed by atoms with Crippen molar-refractivity contribution in [2.24, 2.45) is 5.73 Å². The quantitative estimate of drug-likeness (QED) is 0.584. The van der Waals surface area contributed by atoms with Gasteiger partial charge in [0.15, 0.2) is 0 Å². The van der Waals surface area contributed by atoms with Gasteiger partial charge < -0.3 is 10.5 Å². The molecule has 5 nitrogen and oxygen atoms in total. The Bertz CT molecular complexity index is 280. The average molecular weight is 252 g/mol. The van der Waals surface area contributed by atoms with E-state index in [9.17, 15) is 8.42 Å². The third-order valence-electron chi connectivity index (χ3n) is 2.64. The smallest absolute Gasteiger partial charge is 0.212 e. The van der Waals surface area contributed by atoms with Crippen molar-refractivity contribution in [1.29, 1.82) is 0 Å². The Morgan fingerprint density at radius 1 is 1.44 bits per heavy atom. The highest BCUT2D eigenvalue weighted by molar-refractivity contribution is 7.89. The monoisotopic (exact) mass is 252 g/mol. The molecule has 0 radical (unpaired) electrons. The zero-order valence-corrected chi connectivity index (χ0v) is 11.3. The van der Waals surface area contributed by atoms with Gasteiger partial charge in [-0.15, -0.1) is 0 Å². The molecule has 0 saturated heterocycles. The van der Waals surface area contributed by atoms with E-state index in [2.05, 4.69) is 4.72 Å². The summed E-state index contributed by atoms with van der Waals surface area (Å²) in [6.07, 6.45) is 1.88. The van der Waals surface area contributed by atoms with Gasteiger partial charge in [0.05, 0.1) is 5.75 Å². The van der Waals surface area contributed by atoms with Crippen molar-refractivity contribution < 1.29 is 13.2 Å². The van der Waals surface area contributed by atoms with Crippen molar-refractivity contribution in [3.8, 4) is 0 Å². The van der Waals surface area contributed by atoms with Gasteiger partial charge in [-0.1, -0.05) is 6.92 Å². The summed E-state index contributed by atoms with van der Waals surface area (Å²) in [5.74, 6) is 0.0982. The summed E-state index contributed by atoms with van der Waals surface area (Å²) in [5.41, 5.74) is 5.05. The first-order valence-corrected chi connectivity index (χ1v) is 7.25. The summed E-state index contributed by atoms with van der Waals surface area (Å²) in [5, 5.41) is 0. The molecule has 98 valence electrons. The third-order valence-corrected chi connectivity index (χ3v) is 4.27. The summed E-state index contributed by atoms with van der Waals surface area (Å²) in [4.78, 5) is 0. The van der Waals surface area contributed by atoms with Crippen LogP contribution >= 0.6 is 0 Å². The highest BCUT2D eigenvalue weighted by Gasteiger charge is 2.26. The highest BCUT2D eigenvalue weighted by Crippen LogP contribution is 2.15. The molecule has 0 spiro atoms. The van der Waals surface area contributed by atoms with Gasteiger partial charge in [-0.3, -0.25) is 0 Å². The van der Waals surface area contributed by atoms with Crippen LogP contribution in [0, 0.1) is 0 Å². The fraction of sp³-hybridized carbons (Fsp3) is 1.00. The van der Waals surface area contributed by atoms with Crippen molar-refractivity contribution in [2.75, 3.05) is 26.0 Å². The zero-order valence-electron chi connectivity index (χ0n) is 10.5. The molecule has 16 heavy (non-hydrogen) atoms.